The molecule has 2 N–H and O–H groups in total. The minimum absolute atomic E-state index is 0.00290. The van der Waals surface area contributed by atoms with E-state index in [0.717, 1.165) is 20.2 Å². The lowest BCUT2D eigenvalue weighted by Gasteiger charge is -2.37. The summed E-state index contributed by atoms with van der Waals surface area (Å²) in [5.74, 6) is -2.13. The molecular formula is C27H26ClN3O5S2. The zero-order valence-corrected chi connectivity index (χ0v) is 23.7. The number of imide groups is 1. The molecule has 3 aromatic rings. The number of hydrogen-bond acceptors (Lipinski definition) is 9. The second-order valence-corrected chi connectivity index (χ2v) is 12.9. The second kappa shape index (κ2) is 9.68. The SMILES string of the molecule is Cc1cc2c(c(Sc3ccc(Cl)cc3)n1)C(=O)N(C(=O)C1(C(=O)OC(C)(C)C)Cc3cc(N)sc3CO1)C2. The molecule has 0 aliphatic carbocycles. The number of hydrogen-bond donors (Lipinski definition) is 1. The molecule has 0 radical (unpaired) electrons. The summed E-state index contributed by atoms with van der Waals surface area (Å²) in [6, 6.07) is 10.7. The first-order valence-corrected chi connectivity index (χ1v) is 13.9. The summed E-state index contributed by atoms with van der Waals surface area (Å²) in [7, 11) is 0. The summed E-state index contributed by atoms with van der Waals surface area (Å²) in [6.07, 6.45) is -0.0758. The van der Waals surface area contributed by atoms with E-state index in [1.807, 2.05) is 19.1 Å². The maximum Gasteiger partial charge on any atom is 0.349 e. The van der Waals surface area contributed by atoms with Crippen molar-refractivity contribution in [2.24, 2.45) is 0 Å². The molecule has 8 nitrogen and oxygen atoms in total. The van der Waals surface area contributed by atoms with Crippen LogP contribution in [0.15, 0.2) is 46.3 Å². The van der Waals surface area contributed by atoms with Crippen LogP contribution in [0.3, 0.4) is 0 Å². The zero-order valence-electron chi connectivity index (χ0n) is 21.3. The van der Waals surface area contributed by atoms with E-state index in [4.69, 9.17) is 26.8 Å². The Morgan fingerprint density at radius 1 is 1.21 bits per heavy atom. The molecular weight excluding hydrogens is 546 g/mol. The highest BCUT2D eigenvalue weighted by Gasteiger charge is 2.56. The van der Waals surface area contributed by atoms with Gasteiger partial charge in [-0.2, -0.15) is 0 Å². The summed E-state index contributed by atoms with van der Waals surface area (Å²) in [6.45, 7) is 6.98. The number of anilines is 1. The van der Waals surface area contributed by atoms with Gasteiger partial charge in [0.2, 0.25) is 5.60 Å². The Morgan fingerprint density at radius 3 is 2.61 bits per heavy atom. The second-order valence-electron chi connectivity index (χ2n) is 10.2. The zero-order chi connectivity index (χ0) is 27.4. The minimum Gasteiger partial charge on any atom is -0.457 e. The van der Waals surface area contributed by atoms with Crippen LogP contribution in [0, 0.1) is 6.92 Å². The molecule has 0 saturated carbocycles. The summed E-state index contributed by atoms with van der Waals surface area (Å²) in [4.78, 5) is 48.8. The number of benzene rings is 1. The third kappa shape index (κ3) is 4.93. The van der Waals surface area contributed by atoms with Crippen molar-refractivity contribution in [3.63, 3.8) is 0 Å². The highest BCUT2D eigenvalue weighted by molar-refractivity contribution is 7.99. The molecule has 2 aromatic heterocycles. The average molecular weight is 572 g/mol. The fraction of sp³-hybridized carbons (Fsp3) is 0.333. The fourth-order valence-electron chi connectivity index (χ4n) is 4.50. The van der Waals surface area contributed by atoms with Gasteiger partial charge in [0.15, 0.2) is 0 Å². The Balaban J connectivity index is 1.51. The monoisotopic (exact) mass is 571 g/mol. The van der Waals surface area contributed by atoms with Crippen molar-refractivity contribution in [2.45, 2.75) is 68.4 Å². The topological polar surface area (TPSA) is 112 Å². The first-order valence-electron chi connectivity index (χ1n) is 11.9. The number of fused-ring (bicyclic) bond motifs is 2. The Labute approximate surface area is 233 Å². The van der Waals surface area contributed by atoms with Gasteiger partial charge in [-0.25, -0.2) is 9.78 Å². The number of halogens is 1. The lowest BCUT2D eigenvalue weighted by molar-refractivity contribution is -0.194. The van der Waals surface area contributed by atoms with Crippen molar-refractivity contribution in [3.05, 3.63) is 68.7 Å². The molecule has 4 heterocycles. The van der Waals surface area contributed by atoms with Crippen LogP contribution >= 0.6 is 34.7 Å². The number of aryl methyl sites for hydroxylation is 1. The molecule has 5 rings (SSSR count). The number of nitrogens with two attached hydrogens (primary N) is 1. The van der Waals surface area contributed by atoms with Gasteiger partial charge in [0.05, 0.1) is 23.7 Å². The van der Waals surface area contributed by atoms with Crippen LogP contribution < -0.4 is 5.73 Å². The van der Waals surface area contributed by atoms with Crippen molar-refractivity contribution in [1.29, 1.82) is 0 Å². The van der Waals surface area contributed by atoms with E-state index in [9.17, 15) is 14.4 Å². The molecule has 1 aromatic carbocycles. The van der Waals surface area contributed by atoms with Crippen LogP contribution in [0.25, 0.3) is 0 Å². The molecule has 0 fully saturated rings. The summed E-state index contributed by atoms with van der Waals surface area (Å²) in [5.41, 5.74) is 5.53. The van der Waals surface area contributed by atoms with Crippen molar-refractivity contribution >= 4 is 57.5 Å². The van der Waals surface area contributed by atoms with Gasteiger partial charge in [0, 0.05) is 26.9 Å². The third-order valence-electron chi connectivity index (χ3n) is 6.14. The molecule has 2 aliphatic heterocycles. The summed E-state index contributed by atoms with van der Waals surface area (Å²) < 4.78 is 11.6. The maximum absolute atomic E-state index is 14.1. The molecule has 38 heavy (non-hydrogen) atoms. The first-order chi connectivity index (χ1) is 17.9. The Morgan fingerprint density at radius 2 is 1.92 bits per heavy atom. The molecule has 198 valence electrons. The van der Waals surface area contributed by atoms with Gasteiger partial charge in [-0.05, 0) is 75.2 Å². The number of ether oxygens (including phenoxy) is 2. The predicted octanol–water partition coefficient (Wildman–Crippen LogP) is 5.17. The Hall–Kier alpha value is -2.92. The quantitative estimate of drug-likeness (QED) is 0.259. The van der Waals surface area contributed by atoms with Crippen LogP contribution in [0.1, 0.15) is 52.8 Å². The normalized spacial score (nSPS) is 18.8. The van der Waals surface area contributed by atoms with E-state index in [2.05, 4.69) is 4.98 Å². The lowest BCUT2D eigenvalue weighted by atomic mass is 9.90. The van der Waals surface area contributed by atoms with E-state index in [-0.39, 0.29) is 19.6 Å². The summed E-state index contributed by atoms with van der Waals surface area (Å²) >= 11 is 8.67. The van der Waals surface area contributed by atoms with Crippen molar-refractivity contribution < 1.29 is 23.9 Å². The molecule has 0 spiro atoms. The van der Waals surface area contributed by atoms with Crippen LogP contribution in [-0.2, 0) is 38.6 Å². The average Bonchev–Trinajstić information content (AvgIpc) is 3.36. The number of rotatable bonds is 4. The van der Waals surface area contributed by atoms with E-state index in [1.165, 1.54) is 23.1 Å². The Bertz CT molecular complexity index is 1460. The molecule has 2 amide bonds. The molecule has 0 saturated heterocycles. The van der Waals surface area contributed by atoms with Crippen molar-refractivity contribution in [3.8, 4) is 0 Å². The van der Waals surface area contributed by atoms with E-state index < -0.39 is 29.0 Å². The van der Waals surface area contributed by atoms with E-state index in [1.54, 1.807) is 45.0 Å². The van der Waals surface area contributed by atoms with Crippen LogP contribution in [0.4, 0.5) is 5.00 Å². The highest BCUT2D eigenvalue weighted by atomic mass is 35.5. The third-order valence-corrected chi connectivity index (χ3v) is 8.36. The van der Waals surface area contributed by atoms with Crippen molar-refractivity contribution in [1.82, 2.24) is 9.88 Å². The van der Waals surface area contributed by atoms with Gasteiger partial charge in [-0.15, -0.1) is 11.3 Å². The fourth-order valence-corrected chi connectivity index (χ4v) is 6.49. The lowest BCUT2D eigenvalue weighted by Crippen LogP contribution is -2.60. The predicted molar refractivity (Wildman–Crippen MR) is 145 cm³/mol. The van der Waals surface area contributed by atoms with Crippen molar-refractivity contribution in [2.75, 3.05) is 5.73 Å². The number of pyridine rings is 1. The van der Waals surface area contributed by atoms with Gasteiger partial charge in [-0.1, -0.05) is 23.4 Å². The van der Waals surface area contributed by atoms with Gasteiger partial charge < -0.3 is 15.2 Å². The standard InChI is InChI=1S/C27H26ClN3O5S2/c1-14-9-16-12-31(23(32)21(16)22(30-14)37-18-7-5-17(28)6-8-18)24(33)27(25(34)36-26(2,3)4)11-15-10-20(29)38-19(15)13-35-27/h5-10H,11-13,29H2,1-4H3. The molecule has 11 heteroatoms. The number of nitrogen functional groups attached to an aromatic ring is 1. The molecule has 1 unspecified atom stereocenters. The Kier molecular flexibility index (Phi) is 6.79. The highest BCUT2D eigenvalue weighted by Crippen LogP contribution is 2.41. The number of nitrogens with zero attached hydrogens (tertiary/aromatic N) is 2. The van der Waals surface area contributed by atoms with E-state index >= 15 is 0 Å². The number of amides is 2. The first kappa shape index (κ1) is 26.7. The number of aromatic nitrogens is 1. The molecule has 1 atom stereocenters. The number of thiophene rings is 1. The maximum atomic E-state index is 14.1. The van der Waals surface area contributed by atoms with E-state index in [0.29, 0.717) is 31.9 Å². The number of esters is 1. The summed E-state index contributed by atoms with van der Waals surface area (Å²) in [5, 5.41) is 1.63. The van der Waals surface area contributed by atoms with Gasteiger partial charge >= 0.3 is 5.97 Å². The largest absolute Gasteiger partial charge is 0.457 e. The van der Waals surface area contributed by atoms with Crippen LogP contribution in [0.5, 0.6) is 0 Å². The van der Waals surface area contributed by atoms with Crippen LogP contribution in [0.2, 0.25) is 5.02 Å². The van der Waals surface area contributed by atoms with Gasteiger partial charge in [-0.3, -0.25) is 14.5 Å². The molecule has 2 aliphatic rings. The van der Waals surface area contributed by atoms with Crippen LogP contribution in [-0.4, -0.2) is 38.9 Å². The van der Waals surface area contributed by atoms with Gasteiger partial charge in [0.25, 0.3) is 11.8 Å². The smallest absolute Gasteiger partial charge is 0.349 e. The number of carbonyl (C=O) groups excluding carboxylic acids is 3. The van der Waals surface area contributed by atoms with Gasteiger partial charge in [0.1, 0.15) is 10.6 Å². The number of carbonyl (C=O) groups is 3. The molecule has 0 bridgehead atoms. The minimum atomic E-state index is -2.02.